The van der Waals surface area contributed by atoms with Crippen LogP contribution in [-0.2, 0) is 16.1 Å². The predicted octanol–water partition coefficient (Wildman–Crippen LogP) is 3.36. The molecule has 0 spiro atoms. The minimum absolute atomic E-state index is 0.278. The van der Waals surface area contributed by atoms with Crippen LogP contribution in [0.15, 0.2) is 53.0 Å². The quantitative estimate of drug-likeness (QED) is 0.701. The van der Waals surface area contributed by atoms with Crippen molar-refractivity contribution in [3.8, 4) is 0 Å². The smallest absolute Gasteiger partial charge is 0.338 e. The molecule has 28 heavy (non-hydrogen) atoms. The van der Waals surface area contributed by atoms with Gasteiger partial charge in [0, 0.05) is 23.7 Å². The molecule has 2 heterocycles. The van der Waals surface area contributed by atoms with Crippen LogP contribution in [0.1, 0.15) is 29.0 Å². The first kappa shape index (κ1) is 20.1. The SMILES string of the molecule is CCOC(=O)C1=C(CN(C)Cc2ccccc2C)NC(=O)N[C@@H]1c1cccs1. The molecule has 2 N–H and O–H groups in total. The number of ether oxygens (including phenoxy) is 1. The molecule has 1 atom stereocenters. The largest absolute Gasteiger partial charge is 0.463 e. The number of likely N-dealkylation sites (N-methyl/N-ethyl adjacent to an activating group) is 1. The van der Waals surface area contributed by atoms with Gasteiger partial charge >= 0.3 is 12.0 Å². The summed E-state index contributed by atoms with van der Waals surface area (Å²) >= 11 is 1.50. The third-order valence-electron chi connectivity index (χ3n) is 4.61. The molecule has 6 nitrogen and oxygen atoms in total. The van der Waals surface area contributed by atoms with Gasteiger partial charge in [0.2, 0.25) is 0 Å². The minimum atomic E-state index is -0.505. The highest BCUT2D eigenvalue weighted by molar-refractivity contribution is 7.10. The van der Waals surface area contributed by atoms with Gasteiger partial charge in [-0.15, -0.1) is 11.3 Å². The number of esters is 1. The summed E-state index contributed by atoms with van der Waals surface area (Å²) in [6, 6.07) is 11.2. The van der Waals surface area contributed by atoms with Crippen LogP contribution in [0.25, 0.3) is 0 Å². The Bertz CT molecular complexity index is 877. The number of hydrogen-bond acceptors (Lipinski definition) is 5. The van der Waals surface area contributed by atoms with Crippen LogP contribution in [0, 0.1) is 6.92 Å². The summed E-state index contributed by atoms with van der Waals surface area (Å²) in [5.41, 5.74) is 3.45. The third-order valence-corrected chi connectivity index (χ3v) is 5.54. The van der Waals surface area contributed by atoms with Gasteiger partial charge in [0.1, 0.15) is 0 Å². The van der Waals surface area contributed by atoms with Crippen LogP contribution in [0.4, 0.5) is 4.79 Å². The Hall–Kier alpha value is -2.64. The summed E-state index contributed by atoms with van der Waals surface area (Å²) in [7, 11) is 1.97. The van der Waals surface area contributed by atoms with Crippen molar-refractivity contribution in [1.82, 2.24) is 15.5 Å². The van der Waals surface area contributed by atoms with E-state index in [1.54, 1.807) is 6.92 Å². The summed E-state index contributed by atoms with van der Waals surface area (Å²) in [6.07, 6.45) is 0. The summed E-state index contributed by atoms with van der Waals surface area (Å²) in [5, 5.41) is 7.60. The topological polar surface area (TPSA) is 70.7 Å². The van der Waals surface area contributed by atoms with Crippen molar-refractivity contribution in [2.24, 2.45) is 0 Å². The summed E-state index contributed by atoms with van der Waals surface area (Å²) < 4.78 is 5.29. The Morgan fingerprint density at radius 3 is 2.68 bits per heavy atom. The van der Waals surface area contributed by atoms with Crippen LogP contribution in [0.5, 0.6) is 0 Å². The van der Waals surface area contributed by atoms with Crippen molar-refractivity contribution in [2.75, 3.05) is 20.2 Å². The zero-order valence-electron chi connectivity index (χ0n) is 16.3. The molecule has 1 aromatic heterocycles. The van der Waals surface area contributed by atoms with E-state index in [0.717, 1.165) is 4.88 Å². The average Bonchev–Trinajstić information content (AvgIpc) is 3.18. The summed E-state index contributed by atoms with van der Waals surface area (Å²) in [5.74, 6) is -0.410. The van der Waals surface area contributed by atoms with Crippen LogP contribution in [-0.4, -0.2) is 37.1 Å². The second-order valence-electron chi connectivity index (χ2n) is 6.76. The highest BCUT2D eigenvalue weighted by Crippen LogP contribution is 2.31. The van der Waals surface area contributed by atoms with Gasteiger partial charge in [-0.25, -0.2) is 9.59 Å². The highest BCUT2D eigenvalue weighted by Gasteiger charge is 2.34. The van der Waals surface area contributed by atoms with Crippen LogP contribution in [0.3, 0.4) is 0 Å². The molecule has 148 valence electrons. The Kier molecular flexibility index (Phi) is 6.49. The second kappa shape index (κ2) is 9.03. The maximum Gasteiger partial charge on any atom is 0.338 e. The van der Waals surface area contributed by atoms with Gasteiger partial charge in [-0.3, -0.25) is 4.90 Å². The maximum absolute atomic E-state index is 12.7. The number of hydrogen-bond donors (Lipinski definition) is 2. The van der Waals surface area contributed by atoms with Gasteiger partial charge in [0.05, 0.1) is 18.2 Å². The predicted molar refractivity (Wildman–Crippen MR) is 110 cm³/mol. The zero-order valence-corrected chi connectivity index (χ0v) is 17.1. The molecule has 1 aliphatic heterocycles. The van der Waals surface area contributed by atoms with Crippen molar-refractivity contribution >= 4 is 23.3 Å². The van der Waals surface area contributed by atoms with Crippen LogP contribution in [0.2, 0.25) is 0 Å². The molecular formula is C21H25N3O3S. The van der Waals surface area contributed by atoms with E-state index in [9.17, 15) is 9.59 Å². The highest BCUT2D eigenvalue weighted by atomic mass is 32.1. The van der Waals surface area contributed by atoms with Gasteiger partial charge in [0.25, 0.3) is 0 Å². The Labute approximate surface area is 169 Å². The molecule has 0 radical (unpaired) electrons. The molecule has 0 bridgehead atoms. The molecule has 2 aromatic rings. The number of benzene rings is 1. The Morgan fingerprint density at radius 1 is 1.21 bits per heavy atom. The monoisotopic (exact) mass is 399 g/mol. The summed E-state index contributed by atoms with van der Waals surface area (Å²) in [4.78, 5) is 28.0. The number of nitrogens with one attached hydrogen (secondary N) is 2. The number of nitrogens with zero attached hydrogens (tertiary/aromatic N) is 1. The lowest BCUT2D eigenvalue weighted by molar-refractivity contribution is -0.139. The van der Waals surface area contributed by atoms with E-state index in [-0.39, 0.29) is 12.6 Å². The lowest BCUT2D eigenvalue weighted by Gasteiger charge is -2.30. The van der Waals surface area contributed by atoms with Gasteiger partial charge in [-0.05, 0) is 43.5 Å². The molecule has 0 unspecified atom stereocenters. The Morgan fingerprint density at radius 2 is 2.00 bits per heavy atom. The molecule has 7 heteroatoms. The van der Waals surface area contributed by atoms with E-state index < -0.39 is 12.0 Å². The number of amides is 2. The number of carbonyl (C=O) groups excluding carboxylic acids is 2. The molecule has 0 aliphatic carbocycles. The Balaban J connectivity index is 1.90. The van der Waals surface area contributed by atoms with Gasteiger partial charge in [-0.1, -0.05) is 30.3 Å². The number of carbonyl (C=O) groups is 2. The first-order valence-corrected chi connectivity index (χ1v) is 10.1. The number of aryl methyl sites for hydroxylation is 1. The minimum Gasteiger partial charge on any atom is -0.463 e. The van der Waals surface area contributed by atoms with Crippen molar-refractivity contribution in [3.63, 3.8) is 0 Å². The maximum atomic E-state index is 12.7. The molecular weight excluding hydrogens is 374 g/mol. The molecule has 3 rings (SSSR count). The fourth-order valence-corrected chi connectivity index (χ4v) is 4.05. The van der Waals surface area contributed by atoms with Crippen molar-refractivity contribution < 1.29 is 14.3 Å². The zero-order chi connectivity index (χ0) is 20.1. The van der Waals surface area contributed by atoms with Gasteiger partial charge in [-0.2, -0.15) is 0 Å². The van der Waals surface area contributed by atoms with Crippen molar-refractivity contribution in [3.05, 3.63) is 69.1 Å². The van der Waals surface area contributed by atoms with Gasteiger partial charge in [0.15, 0.2) is 0 Å². The molecule has 0 saturated carbocycles. The van der Waals surface area contributed by atoms with E-state index in [1.807, 2.05) is 36.7 Å². The molecule has 1 aromatic carbocycles. The second-order valence-corrected chi connectivity index (χ2v) is 7.74. The first-order chi connectivity index (χ1) is 13.5. The molecule has 2 amide bonds. The normalized spacial score (nSPS) is 16.7. The van der Waals surface area contributed by atoms with E-state index in [2.05, 4.69) is 34.6 Å². The van der Waals surface area contributed by atoms with Gasteiger partial charge < -0.3 is 15.4 Å². The first-order valence-electron chi connectivity index (χ1n) is 9.23. The molecule has 0 fully saturated rings. The van der Waals surface area contributed by atoms with E-state index in [0.29, 0.717) is 24.4 Å². The van der Waals surface area contributed by atoms with E-state index in [4.69, 9.17) is 4.74 Å². The van der Waals surface area contributed by atoms with E-state index in [1.165, 1.54) is 22.5 Å². The fourth-order valence-electron chi connectivity index (χ4n) is 3.27. The number of rotatable bonds is 7. The number of thiophene rings is 1. The van der Waals surface area contributed by atoms with Crippen molar-refractivity contribution in [2.45, 2.75) is 26.4 Å². The van der Waals surface area contributed by atoms with Crippen LogP contribution >= 0.6 is 11.3 Å². The fraction of sp³-hybridized carbons (Fsp3) is 0.333. The standard InChI is InChI=1S/C21H25N3O3S/c1-4-27-20(25)18-16(13-24(3)12-15-9-6-5-8-14(15)2)22-21(26)23-19(18)17-10-7-11-28-17/h5-11,19H,4,12-13H2,1-3H3,(H2,22,23,26)/t19-/m1/s1. The molecule has 0 saturated heterocycles. The lowest BCUT2D eigenvalue weighted by atomic mass is 10.0. The van der Waals surface area contributed by atoms with E-state index >= 15 is 0 Å². The van der Waals surface area contributed by atoms with Crippen LogP contribution < -0.4 is 10.6 Å². The summed E-state index contributed by atoms with van der Waals surface area (Å²) in [6.45, 7) is 5.26. The molecule has 1 aliphatic rings. The number of urea groups is 1. The average molecular weight is 400 g/mol. The third kappa shape index (κ3) is 4.61. The lowest BCUT2D eigenvalue weighted by Crippen LogP contribution is -2.48. The van der Waals surface area contributed by atoms with Crippen molar-refractivity contribution in [1.29, 1.82) is 0 Å².